The minimum Gasteiger partial charge on any atom is -0.481 e. The summed E-state index contributed by atoms with van der Waals surface area (Å²) in [6.07, 6.45) is 0. The minimum absolute atomic E-state index is 0.0118. The zero-order chi connectivity index (χ0) is 25.9. The average molecular weight is 558 g/mol. The molecular weight excluding hydrogens is 534 g/mol. The Balaban J connectivity index is 1.42. The zero-order valence-corrected chi connectivity index (χ0v) is 21.4. The molecule has 0 saturated carbocycles. The van der Waals surface area contributed by atoms with Crippen molar-refractivity contribution < 1.29 is 24.3 Å². The number of β-lactam (4-membered cyclic amide) rings is 1. The molecule has 36 heavy (non-hydrogen) atoms. The van der Waals surface area contributed by atoms with Crippen LogP contribution in [-0.4, -0.2) is 106 Å². The van der Waals surface area contributed by atoms with Gasteiger partial charge in [0.2, 0.25) is 22.6 Å². The Morgan fingerprint density at radius 3 is 2.92 bits per heavy atom. The van der Waals surface area contributed by atoms with Crippen molar-refractivity contribution in [2.45, 2.75) is 30.0 Å². The van der Waals surface area contributed by atoms with Gasteiger partial charge in [0.15, 0.2) is 5.13 Å². The molecule has 2 fully saturated rings. The van der Waals surface area contributed by atoms with Crippen LogP contribution in [0.4, 0.5) is 5.13 Å². The number of anilines is 1. The largest absolute Gasteiger partial charge is 0.481 e. The molecule has 2 amide bonds. The second-order valence-corrected chi connectivity index (χ2v) is 10.6. The fourth-order valence-electron chi connectivity index (χ4n) is 3.53. The maximum absolute atomic E-state index is 12.9. The number of nitrogens with one attached hydrogen (secondary N) is 1. The van der Waals surface area contributed by atoms with E-state index in [1.165, 1.54) is 33.1 Å². The summed E-state index contributed by atoms with van der Waals surface area (Å²) in [6.45, 7) is 2.62. The van der Waals surface area contributed by atoms with Gasteiger partial charge in [0.25, 0.3) is 5.91 Å². The van der Waals surface area contributed by atoms with Crippen molar-refractivity contribution in [3.05, 3.63) is 5.82 Å². The van der Waals surface area contributed by atoms with Crippen LogP contribution < -0.4 is 16.8 Å². The topological polar surface area (TPSA) is 230 Å². The highest BCUT2D eigenvalue weighted by atomic mass is 32.2. The van der Waals surface area contributed by atoms with Gasteiger partial charge >= 0.3 is 5.97 Å². The van der Waals surface area contributed by atoms with E-state index in [1.807, 2.05) is 0 Å². The zero-order valence-electron chi connectivity index (χ0n) is 18.9. The average Bonchev–Trinajstić information content (AvgIpc) is 3.50. The van der Waals surface area contributed by atoms with Crippen LogP contribution in [-0.2, 0) is 25.8 Å². The predicted molar refractivity (Wildman–Crippen MR) is 130 cm³/mol. The number of nitrogens with two attached hydrogens (primary N) is 2. The Bertz CT molecular complexity index is 1170. The number of hydrogen-bond donors (Lipinski definition) is 4. The van der Waals surface area contributed by atoms with Crippen LogP contribution in [0.1, 0.15) is 12.7 Å². The first kappa shape index (κ1) is 26.0. The summed E-state index contributed by atoms with van der Waals surface area (Å²) < 4.78 is 5.49. The number of carboxylic acid groups (broad SMARTS) is 1. The van der Waals surface area contributed by atoms with Crippen molar-refractivity contribution in [1.29, 1.82) is 0 Å². The lowest BCUT2D eigenvalue weighted by Gasteiger charge is -2.53. The van der Waals surface area contributed by atoms with Gasteiger partial charge in [-0.15, -0.1) is 16.9 Å². The summed E-state index contributed by atoms with van der Waals surface area (Å²) in [5, 5.41) is 28.0. The first-order valence-corrected chi connectivity index (χ1v) is 13.5. The van der Waals surface area contributed by atoms with Gasteiger partial charge in [-0.3, -0.25) is 14.4 Å². The van der Waals surface area contributed by atoms with Gasteiger partial charge in [0.1, 0.15) is 23.4 Å². The molecule has 2 aliphatic heterocycles. The van der Waals surface area contributed by atoms with Gasteiger partial charge < -0.3 is 31.6 Å². The lowest BCUT2D eigenvalue weighted by atomic mass is 9.89. The fourth-order valence-corrected chi connectivity index (χ4v) is 6.72. The van der Waals surface area contributed by atoms with Crippen molar-refractivity contribution in [3.8, 4) is 0 Å². The minimum atomic E-state index is -1.22. The molecule has 0 aromatic carbocycles. The van der Waals surface area contributed by atoms with Crippen LogP contribution in [0.15, 0.2) is 10.3 Å². The summed E-state index contributed by atoms with van der Waals surface area (Å²) in [4.78, 5) is 48.5. The third-order valence-corrected chi connectivity index (χ3v) is 8.73. The first-order chi connectivity index (χ1) is 17.3. The third-order valence-electron chi connectivity index (χ3n) is 5.36. The van der Waals surface area contributed by atoms with Crippen LogP contribution in [0, 0.1) is 5.41 Å². The summed E-state index contributed by atoms with van der Waals surface area (Å²) in [5.41, 5.74) is 9.74. The van der Waals surface area contributed by atoms with Crippen molar-refractivity contribution in [3.63, 3.8) is 0 Å². The summed E-state index contributed by atoms with van der Waals surface area (Å²) in [7, 11) is 0. The molecule has 2 unspecified atom stereocenters. The van der Waals surface area contributed by atoms with Crippen molar-refractivity contribution >= 4 is 63.7 Å². The van der Waals surface area contributed by atoms with E-state index in [2.05, 4.69) is 35.4 Å². The molecule has 4 heterocycles. The van der Waals surface area contributed by atoms with Crippen LogP contribution in [0.5, 0.6) is 0 Å². The number of hydrogen-bond acceptors (Lipinski definition) is 15. The van der Waals surface area contributed by atoms with E-state index < -0.39 is 34.6 Å². The molecule has 0 spiro atoms. The Labute approximate surface area is 216 Å². The van der Waals surface area contributed by atoms with Crippen molar-refractivity contribution in [1.82, 2.24) is 39.8 Å². The highest BCUT2D eigenvalue weighted by Crippen LogP contribution is 2.44. The SMILES string of the molecule is CCON=C(C(=O)NC1C(=O)N2CC(CSc3nnnn3CCN)(C(=O)O)CS[C@H]12)c1nsc(N)n1. The van der Waals surface area contributed by atoms with Gasteiger partial charge in [0, 0.05) is 36.1 Å². The molecule has 3 atom stereocenters. The highest BCUT2D eigenvalue weighted by Gasteiger charge is 2.57. The van der Waals surface area contributed by atoms with Gasteiger partial charge in [-0.25, -0.2) is 4.68 Å². The van der Waals surface area contributed by atoms with Gasteiger partial charge in [-0.05, 0) is 17.4 Å². The number of oxime groups is 1. The quantitative estimate of drug-likeness (QED) is 0.102. The van der Waals surface area contributed by atoms with Gasteiger partial charge in [-0.1, -0.05) is 16.9 Å². The van der Waals surface area contributed by atoms with E-state index >= 15 is 0 Å². The fraction of sp³-hybridized carbons (Fsp3) is 0.588. The Morgan fingerprint density at radius 2 is 2.25 bits per heavy atom. The standard InChI is InChI=1S/C17H23N11O5S3/c1-2-33-23-8(10-21-15(19)36-24-10)11(29)20-9-12(30)27-5-17(14(31)32,6-34-13(9)27)7-35-16-22-25-26-28(16)4-3-18/h9,13H,2-7,18H2,1H3,(H,20,29)(H,31,32)(H2,19,21,24)/t9?,13-,17?/m1/s1. The number of carbonyl (C=O) groups is 3. The summed E-state index contributed by atoms with van der Waals surface area (Å²) in [6, 6.07) is -0.860. The van der Waals surface area contributed by atoms with E-state index in [0.29, 0.717) is 18.2 Å². The van der Waals surface area contributed by atoms with E-state index in [4.69, 9.17) is 16.3 Å². The Kier molecular flexibility index (Phi) is 7.91. The molecule has 2 saturated heterocycles. The second kappa shape index (κ2) is 10.9. The lowest BCUT2D eigenvalue weighted by molar-refractivity contribution is -0.157. The molecule has 0 bridgehead atoms. The first-order valence-electron chi connectivity index (χ1n) is 10.6. The summed E-state index contributed by atoms with van der Waals surface area (Å²) in [5.74, 6) is -1.77. The smallest absolute Gasteiger partial charge is 0.313 e. The normalized spacial score (nSPS) is 23.7. The van der Waals surface area contributed by atoms with Gasteiger partial charge in [0.05, 0.1) is 6.54 Å². The Hall–Kier alpha value is -3.03. The number of aliphatic carboxylic acids is 1. The number of thioether (sulfide) groups is 2. The molecule has 6 N–H and O–H groups in total. The number of amides is 2. The number of carbonyl (C=O) groups excluding carboxylic acids is 2. The maximum Gasteiger partial charge on any atom is 0.313 e. The molecular formula is C17H23N11O5S3. The Morgan fingerprint density at radius 1 is 1.44 bits per heavy atom. The molecule has 2 aliphatic rings. The van der Waals surface area contributed by atoms with E-state index in [1.54, 1.807) is 6.92 Å². The number of tetrazole rings is 1. The van der Waals surface area contributed by atoms with Crippen LogP contribution in [0.25, 0.3) is 0 Å². The van der Waals surface area contributed by atoms with Gasteiger partial charge in [-0.2, -0.15) is 9.36 Å². The monoisotopic (exact) mass is 557 g/mol. The predicted octanol–water partition coefficient (Wildman–Crippen LogP) is -1.93. The summed E-state index contributed by atoms with van der Waals surface area (Å²) >= 11 is 3.37. The van der Waals surface area contributed by atoms with E-state index in [9.17, 15) is 19.5 Å². The molecule has 19 heteroatoms. The van der Waals surface area contributed by atoms with E-state index in [0.717, 1.165) is 11.5 Å². The van der Waals surface area contributed by atoms with Crippen molar-refractivity contribution in [2.24, 2.45) is 16.3 Å². The van der Waals surface area contributed by atoms with Crippen LogP contribution >= 0.6 is 35.1 Å². The molecule has 2 aromatic rings. The molecule has 0 radical (unpaired) electrons. The van der Waals surface area contributed by atoms with Crippen molar-refractivity contribution in [2.75, 3.05) is 36.9 Å². The maximum atomic E-state index is 12.9. The van der Waals surface area contributed by atoms with Crippen LogP contribution in [0.3, 0.4) is 0 Å². The number of nitrogen functional groups attached to an aromatic ring is 1. The van der Waals surface area contributed by atoms with Crippen LogP contribution in [0.2, 0.25) is 0 Å². The highest BCUT2D eigenvalue weighted by molar-refractivity contribution is 8.00. The number of fused-ring (bicyclic) bond motifs is 1. The third kappa shape index (κ3) is 5.08. The number of nitrogens with zero attached hydrogens (tertiary/aromatic N) is 8. The second-order valence-electron chi connectivity index (χ2n) is 7.78. The lowest BCUT2D eigenvalue weighted by Crippen LogP contribution is -2.74. The molecule has 0 aliphatic carbocycles. The molecule has 16 nitrogen and oxygen atoms in total. The molecule has 2 aromatic heterocycles. The molecule has 194 valence electrons. The number of aromatic nitrogens is 6. The number of rotatable bonds is 11. The molecule has 4 rings (SSSR count). The number of carboxylic acids is 1. The van der Waals surface area contributed by atoms with E-state index in [-0.39, 0.29) is 41.3 Å².